The van der Waals surface area contributed by atoms with E-state index >= 15 is 0 Å². The van der Waals surface area contributed by atoms with Gasteiger partial charge in [-0.1, -0.05) is 20.3 Å². The number of carbonyl (C=O) groups excluding carboxylic acids is 1. The van der Waals surface area contributed by atoms with Crippen molar-refractivity contribution in [2.45, 2.75) is 58.0 Å². The van der Waals surface area contributed by atoms with E-state index in [0.717, 1.165) is 32.1 Å². The fourth-order valence-electron chi connectivity index (χ4n) is 2.90. The molecule has 4 heteroatoms. The fraction of sp³-hybridized carbons (Fsp3) is 0.929. The first kappa shape index (κ1) is 15.4. The lowest BCUT2D eigenvalue weighted by Gasteiger charge is -2.33. The number of ether oxygens (including phenoxy) is 1. The largest absolute Gasteiger partial charge is 0.383 e. The molecule has 1 fully saturated rings. The molecule has 1 rings (SSSR count). The molecule has 2 N–H and O–H groups in total. The van der Waals surface area contributed by atoms with E-state index in [-0.39, 0.29) is 17.9 Å². The zero-order valence-electron chi connectivity index (χ0n) is 12.0. The van der Waals surface area contributed by atoms with Gasteiger partial charge in [0.25, 0.3) is 0 Å². The number of nitrogens with two attached hydrogens (primary N) is 1. The van der Waals surface area contributed by atoms with Crippen LogP contribution in [0.1, 0.15) is 46.0 Å². The number of amides is 1. The third-order valence-corrected chi connectivity index (χ3v) is 4.09. The summed E-state index contributed by atoms with van der Waals surface area (Å²) in [6.45, 7) is 5.56. The summed E-state index contributed by atoms with van der Waals surface area (Å²) in [5.41, 5.74) is 6.05. The number of nitrogens with zero attached hydrogens (tertiary/aromatic N) is 1. The highest BCUT2D eigenvalue weighted by atomic mass is 16.5. The van der Waals surface area contributed by atoms with Gasteiger partial charge in [-0.05, 0) is 25.7 Å². The Morgan fingerprint density at radius 3 is 2.50 bits per heavy atom. The summed E-state index contributed by atoms with van der Waals surface area (Å²) >= 11 is 0. The number of hydrogen-bond donors (Lipinski definition) is 1. The molecule has 0 radical (unpaired) electrons. The van der Waals surface area contributed by atoms with Crippen molar-refractivity contribution in [2.75, 3.05) is 20.3 Å². The van der Waals surface area contributed by atoms with Gasteiger partial charge in [-0.2, -0.15) is 0 Å². The molecule has 0 aromatic rings. The van der Waals surface area contributed by atoms with Crippen molar-refractivity contribution in [3.05, 3.63) is 0 Å². The Hall–Kier alpha value is -0.610. The molecule has 0 saturated heterocycles. The predicted octanol–water partition coefficient (Wildman–Crippen LogP) is 1.78. The summed E-state index contributed by atoms with van der Waals surface area (Å²) in [6, 6.07) is 0.373. The van der Waals surface area contributed by atoms with E-state index in [2.05, 4.69) is 13.8 Å². The molecule has 0 bridgehead atoms. The van der Waals surface area contributed by atoms with Gasteiger partial charge >= 0.3 is 0 Å². The van der Waals surface area contributed by atoms with Gasteiger partial charge < -0.3 is 15.4 Å². The molecule has 2 unspecified atom stereocenters. The highest BCUT2D eigenvalue weighted by Gasteiger charge is 2.34. The molecule has 4 nitrogen and oxygen atoms in total. The standard InChI is InChI=1S/C14H28N2O2/c1-4-11(5-2)16(9-10-18-3)14(17)12-7-6-8-13(12)15/h11-13H,4-10,15H2,1-3H3. The number of rotatable bonds is 7. The second-order valence-corrected chi connectivity index (χ2v) is 5.20. The molecule has 18 heavy (non-hydrogen) atoms. The maximum atomic E-state index is 12.6. The molecule has 2 atom stereocenters. The topological polar surface area (TPSA) is 55.6 Å². The first-order chi connectivity index (χ1) is 8.65. The lowest BCUT2D eigenvalue weighted by molar-refractivity contribution is -0.139. The average Bonchev–Trinajstić information content (AvgIpc) is 2.80. The SMILES string of the molecule is CCC(CC)N(CCOC)C(=O)C1CCCC1N. The number of methoxy groups -OCH3 is 1. The molecule has 106 valence electrons. The van der Waals surface area contributed by atoms with Crippen LogP contribution < -0.4 is 5.73 Å². The zero-order valence-corrected chi connectivity index (χ0v) is 12.0. The van der Waals surface area contributed by atoms with E-state index < -0.39 is 0 Å². The predicted molar refractivity (Wildman–Crippen MR) is 73.3 cm³/mol. The van der Waals surface area contributed by atoms with Gasteiger partial charge in [0.05, 0.1) is 12.5 Å². The van der Waals surface area contributed by atoms with Crippen molar-refractivity contribution in [3.8, 4) is 0 Å². The Morgan fingerprint density at radius 1 is 1.39 bits per heavy atom. The average molecular weight is 256 g/mol. The van der Waals surface area contributed by atoms with Crippen molar-refractivity contribution >= 4 is 5.91 Å². The first-order valence-corrected chi connectivity index (χ1v) is 7.20. The lowest BCUT2D eigenvalue weighted by Crippen LogP contribution is -2.47. The summed E-state index contributed by atoms with van der Waals surface area (Å²) in [7, 11) is 1.68. The summed E-state index contributed by atoms with van der Waals surface area (Å²) in [5.74, 6) is 0.271. The summed E-state index contributed by atoms with van der Waals surface area (Å²) in [5, 5.41) is 0. The van der Waals surface area contributed by atoms with E-state index in [1.165, 1.54) is 0 Å². The van der Waals surface area contributed by atoms with Crippen LogP contribution >= 0.6 is 0 Å². The highest BCUT2D eigenvalue weighted by molar-refractivity contribution is 5.80. The van der Waals surface area contributed by atoms with Gasteiger partial charge in [-0.3, -0.25) is 4.79 Å². The Kier molecular flexibility index (Phi) is 6.65. The van der Waals surface area contributed by atoms with Crippen LogP contribution in [0, 0.1) is 5.92 Å². The van der Waals surface area contributed by atoms with Crippen molar-refractivity contribution in [3.63, 3.8) is 0 Å². The second-order valence-electron chi connectivity index (χ2n) is 5.20. The first-order valence-electron chi connectivity index (χ1n) is 7.20. The van der Waals surface area contributed by atoms with Gasteiger partial charge in [0, 0.05) is 25.7 Å². The van der Waals surface area contributed by atoms with Crippen LogP contribution in [0.2, 0.25) is 0 Å². The minimum atomic E-state index is 0.0301. The van der Waals surface area contributed by atoms with Crippen LogP contribution in [0.25, 0.3) is 0 Å². The molecular weight excluding hydrogens is 228 g/mol. The van der Waals surface area contributed by atoms with Crippen LogP contribution in [0.3, 0.4) is 0 Å². The quantitative estimate of drug-likeness (QED) is 0.755. The maximum absolute atomic E-state index is 12.6. The highest BCUT2D eigenvalue weighted by Crippen LogP contribution is 2.27. The van der Waals surface area contributed by atoms with E-state index in [4.69, 9.17) is 10.5 Å². The number of carbonyl (C=O) groups is 1. The molecule has 0 heterocycles. The van der Waals surface area contributed by atoms with Crippen molar-refractivity contribution in [1.82, 2.24) is 4.90 Å². The molecular formula is C14H28N2O2. The molecule has 1 aliphatic carbocycles. The molecule has 1 amide bonds. The minimum Gasteiger partial charge on any atom is -0.383 e. The van der Waals surface area contributed by atoms with Crippen molar-refractivity contribution in [1.29, 1.82) is 0 Å². The maximum Gasteiger partial charge on any atom is 0.227 e. The van der Waals surface area contributed by atoms with Crippen LogP contribution in [0.15, 0.2) is 0 Å². The zero-order chi connectivity index (χ0) is 13.5. The Morgan fingerprint density at radius 2 is 2.06 bits per heavy atom. The Labute approximate surface area is 111 Å². The normalized spacial score (nSPS) is 23.6. The molecule has 1 aliphatic rings. The third kappa shape index (κ3) is 3.69. The van der Waals surface area contributed by atoms with Gasteiger partial charge in [-0.25, -0.2) is 0 Å². The molecule has 0 spiro atoms. The second kappa shape index (κ2) is 7.74. The van der Waals surface area contributed by atoms with E-state index in [1.807, 2.05) is 4.90 Å². The molecule has 1 saturated carbocycles. The Balaban J connectivity index is 2.70. The summed E-state index contributed by atoms with van der Waals surface area (Å²) in [4.78, 5) is 14.6. The summed E-state index contributed by atoms with van der Waals surface area (Å²) in [6.07, 6.45) is 5.00. The van der Waals surface area contributed by atoms with Crippen LogP contribution in [-0.2, 0) is 9.53 Å². The van der Waals surface area contributed by atoms with E-state index in [9.17, 15) is 4.79 Å². The summed E-state index contributed by atoms with van der Waals surface area (Å²) < 4.78 is 5.13. The lowest BCUT2D eigenvalue weighted by atomic mass is 10.00. The minimum absolute atomic E-state index is 0.0301. The third-order valence-electron chi connectivity index (χ3n) is 4.09. The van der Waals surface area contributed by atoms with Gasteiger partial charge in [-0.15, -0.1) is 0 Å². The van der Waals surface area contributed by atoms with Gasteiger partial charge in [0.2, 0.25) is 5.91 Å². The van der Waals surface area contributed by atoms with Gasteiger partial charge in [0.1, 0.15) is 0 Å². The Bertz CT molecular complexity index is 254. The molecule has 0 aromatic heterocycles. The molecule has 0 aromatic carbocycles. The monoisotopic (exact) mass is 256 g/mol. The van der Waals surface area contributed by atoms with E-state index in [1.54, 1.807) is 7.11 Å². The number of hydrogen-bond acceptors (Lipinski definition) is 3. The smallest absolute Gasteiger partial charge is 0.227 e. The van der Waals surface area contributed by atoms with Crippen LogP contribution in [-0.4, -0.2) is 43.2 Å². The van der Waals surface area contributed by atoms with Crippen molar-refractivity contribution in [2.24, 2.45) is 11.7 Å². The fourth-order valence-corrected chi connectivity index (χ4v) is 2.90. The molecule has 0 aliphatic heterocycles. The van der Waals surface area contributed by atoms with Crippen LogP contribution in [0.4, 0.5) is 0 Å². The van der Waals surface area contributed by atoms with Gasteiger partial charge in [0.15, 0.2) is 0 Å². The van der Waals surface area contributed by atoms with Crippen LogP contribution in [0.5, 0.6) is 0 Å². The van der Waals surface area contributed by atoms with Crippen molar-refractivity contribution < 1.29 is 9.53 Å². The van der Waals surface area contributed by atoms with E-state index in [0.29, 0.717) is 19.2 Å².